The number of aryl methyl sites for hydroxylation is 1. The lowest BCUT2D eigenvalue weighted by Gasteiger charge is -2.21. The molecule has 0 atom stereocenters. The Hall–Kier alpha value is -1.52. The summed E-state index contributed by atoms with van der Waals surface area (Å²) in [6.07, 6.45) is -4.39. The van der Waals surface area contributed by atoms with Crippen molar-refractivity contribution in [1.82, 2.24) is 5.32 Å². The van der Waals surface area contributed by atoms with E-state index in [4.69, 9.17) is 0 Å². The van der Waals surface area contributed by atoms with Gasteiger partial charge in [-0.05, 0) is 51.5 Å². The summed E-state index contributed by atoms with van der Waals surface area (Å²) in [5.74, 6) is -0.367. The van der Waals surface area contributed by atoms with Gasteiger partial charge in [0.05, 0.1) is 5.56 Å². The van der Waals surface area contributed by atoms with E-state index in [2.05, 4.69) is 5.32 Å². The van der Waals surface area contributed by atoms with E-state index in [0.717, 1.165) is 12.1 Å². The average Bonchev–Trinajstić information content (AvgIpc) is 2.12. The van der Waals surface area contributed by atoms with Crippen molar-refractivity contribution in [1.29, 1.82) is 0 Å². The smallest absolute Gasteiger partial charge is 0.347 e. The van der Waals surface area contributed by atoms with Crippen LogP contribution in [0.25, 0.3) is 0 Å². The highest BCUT2D eigenvalue weighted by atomic mass is 19.4. The molecule has 0 aliphatic rings. The van der Waals surface area contributed by atoms with Crippen molar-refractivity contribution in [3.63, 3.8) is 0 Å². The first-order valence-electron chi connectivity index (χ1n) is 5.51. The Morgan fingerprint density at radius 1 is 1.17 bits per heavy atom. The minimum atomic E-state index is -4.39. The van der Waals surface area contributed by atoms with E-state index in [1.807, 2.05) is 20.8 Å². The van der Waals surface area contributed by atoms with Crippen molar-refractivity contribution >= 4 is 5.91 Å². The van der Waals surface area contributed by atoms with Crippen molar-refractivity contribution in [2.75, 3.05) is 0 Å². The average molecular weight is 259 g/mol. The minimum absolute atomic E-state index is 0.262. The second kappa shape index (κ2) is 4.63. The first-order valence-corrected chi connectivity index (χ1v) is 5.51. The molecule has 0 unspecified atom stereocenters. The number of rotatable bonds is 1. The predicted octanol–water partition coefficient (Wildman–Crippen LogP) is 3.54. The molecule has 0 fully saturated rings. The maximum atomic E-state index is 12.5. The number of carbonyl (C=O) groups is 1. The van der Waals surface area contributed by atoms with Crippen LogP contribution < -0.4 is 5.32 Å². The Balaban J connectivity index is 3.03. The van der Waals surface area contributed by atoms with E-state index in [9.17, 15) is 18.0 Å². The van der Waals surface area contributed by atoms with Crippen LogP contribution >= 0.6 is 0 Å². The number of benzene rings is 1. The lowest BCUT2D eigenvalue weighted by atomic mass is 10.0. The van der Waals surface area contributed by atoms with Crippen LogP contribution in [0.1, 0.15) is 42.3 Å². The molecule has 0 aromatic heterocycles. The van der Waals surface area contributed by atoms with E-state index in [-0.39, 0.29) is 11.5 Å². The molecular formula is C13H16F3NO. The second-order valence-electron chi connectivity index (χ2n) is 5.23. The van der Waals surface area contributed by atoms with E-state index in [1.165, 1.54) is 13.0 Å². The monoisotopic (exact) mass is 259 g/mol. The first-order chi connectivity index (χ1) is 8.00. The highest BCUT2D eigenvalue weighted by Gasteiger charge is 2.31. The number of amides is 1. The zero-order chi connectivity index (χ0) is 14.1. The second-order valence-corrected chi connectivity index (χ2v) is 5.23. The van der Waals surface area contributed by atoms with Crippen molar-refractivity contribution in [3.05, 3.63) is 34.9 Å². The third-order valence-corrected chi connectivity index (χ3v) is 2.29. The van der Waals surface area contributed by atoms with E-state index < -0.39 is 17.3 Å². The molecule has 1 rings (SSSR count). The molecule has 0 bridgehead atoms. The lowest BCUT2D eigenvalue weighted by molar-refractivity contribution is -0.137. The molecule has 0 aliphatic heterocycles. The van der Waals surface area contributed by atoms with Crippen molar-refractivity contribution in [2.45, 2.75) is 39.4 Å². The summed E-state index contributed by atoms with van der Waals surface area (Å²) in [7, 11) is 0. The summed E-state index contributed by atoms with van der Waals surface area (Å²) < 4.78 is 37.4. The summed E-state index contributed by atoms with van der Waals surface area (Å²) in [6, 6.07) is 3.11. The van der Waals surface area contributed by atoms with Gasteiger partial charge in [-0.25, -0.2) is 0 Å². The van der Waals surface area contributed by atoms with Gasteiger partial charge >= 0.3 is 6.18 Å². The van der Waals surface area contributed by atoms with Crippen LogP contribution in [0.15, 0.2) is 18.2 Å². The maximum Gasteiger partial charge on any atom is 0.416 e. The van der Waals surface area contributed by atoms with Crippen LogP contribution in [-0.2, 0) is 6.18 Å². The first kappa shape index (κ1) is 14.5. The molecule has 0 saturated heterocycles. The van der Waals surface area contributed by atoms with E-state index >= 15 is 0 Å². The van der Waals surface area contributed by atoms with Gasteiger partial charge in [-0.15, -0.1) is 0 Å². The molecule has 1 aromatic rings. The van der Waals surface area contributed by atoms with Crippen LogP contribution in [0, 0.1) is 6.92 Å². The molecule has 18 heavy (non-hydrogen) atoms. The summed E-state index contributed by atoms with van der Waals surface area (Å²) >= 11 is 0. The molecule has 100 valence electrons. The molecule has 0 spiro atoms. The third-order valence-electron chi connectivity index (χ3n) is 2.29. The molecule has 1 aromatic carbocycles. The summed E-state index contributed by atoms with van der Waals surface area (Å²) in [5, 5.41) is 2.71. The Morgan fingerprint density at radius 3 is 2.11 bits per heavy atom. The topological polar surface area (TPSA) is 29.1 Å². The van der Waals surface area contributed by atoms with Gasteiger partial charge in [0.25, 0.3) is 5.91 Å². The van der Waals surface area contributed by atoms with Crippen LogP contribution in [0.2, 0.25) is 0 Å². The molecule has 1 N–H and O–H groups in total. The van der Waals surface area contributed by atoms with Gasteiger partial charge in [0.1, 0.15) is 0 Å². The number of hydrogen-bond acceptors (Lipinski definition) is 1. The van der Waals surface area contributed by atoms with Crippen molar-refractivity contribution in [2.24, 2.45) is 0 Å². The Labute approximate surface area is 104 Å². The normalized spacial score (nSPS) is 12.4. The number of halogens is 3. The summed E-state index contributed by atoms with van der Waals surface area (Å²) in [5.41, 5.74) is -0.594. The van der Waals surface area contributed by atoms with Crippen LogP contribution in [0.3, 0.4) is 0 Å². The van der Waals surface area contributed by atoms with Gasteiger partial charge in [0, 0.05) is 11.1 Å². The van der Waals surface area contributed by atoms with Gasteiger partial charge in [-0.2, -0.15) is 13.2 Å². The minimum Gasteiger partial charge on any atom is -0.347 e. The third kappa shape index (κ3) is 3.75. The number of nitrogens with one attached hydrogen (secondary N) is 1. The van der Waals surface area contributed by atoms with Gasteiger partial charge in [-0.3, -0.25) is 4.79 Å². The largest absolute Gasteiger partial charge is 0.416 e. The molecular weight excluding hydrogens is 243 g/mol. The Bertz CT molecular complexity index is 458. The van der Waals surface area contributed by atoms with Gasteiger partial charge < -0.3 is 5.32 Å². The summed E-state index contributed by atoms with van der Waals surface area (Å²) in [6.45, 7) is 6.92. The Kier molecular flexibility index (Phi) is 3.74. The quantitative estimate of drug-likeness (QED) is 0.821. The fourth-order valence-electron chi connectivity index (χ4n) is 1.50. The lowest BCUT2D eigenvalue weighted by Crippen LogP contribution is -2.40. The fraction of sp³-hybridized carbons (Fsp3) is 0.462. The molecule has 2 nitrogen and oxygen atoms in total. The van der Waals surface area contributed by atoms with Crippen LogP contribution in [0.4, 0.5) is 13.2 Å². The van der Waals surface area contributed by atoms with Crippen molar-refractivity contribution < 1.29 is 18.0 Å². The standard InChI is InChI=1S/C13H16F3NO/c1-8-7-9(13(14,15)16)5-6-10(8)11(18)17-12(2,3)4/h5-7H,1-4H3,(H,17,18). The highest BCUT2D eigenvalue weighted by molar-refractivity contribution is 5.96. The zero-order valence-corrected chi connectivity index (χ0v) is 10.8. The zero-order valence-electron chi connectivity index (χ0n) is 10.8. The summed E-state index contributed by atoms with van der Waals surface area (Å²) in [4.78, 5) is 11.8. The predicted molar refractivity (Wildman–Crippen MR) is 63.4 cm³/mol. The molecule has 1 amide bonds. The van der Waals surface area contributed by atoms with Gasteiger partial charge in [-0.1, -0.05) is 0 Å². The van der Waals surface area contributed by atoms with Gasteiger partial charge in [0.2, 0.25) is 0 Å². The number of carbonyl (C=O) groups excluding carboxylic acids is 1. The van der Waals surface area contributed by atoms with Crippen LogP contribution in [-0.4, -0.2) is 11.4 Å². The molecule has 5 heteroatoms. The SMILES string of the molecule is Cc1cc(C(F)(F)F)ccc1C(=O)NC(C)(C)C. The fourth-order valence-corrected chi connectivity index (χ4v) is 1.50. The number of hydrogen-bond donors (Lipinski definition) is 1. The maximum absolute atomic E-state index is 12.5. The van der Waals surface area contributed by atoms with E-state index in [1.54, 1.807) is 0 Å². The number of alkyl halides is 3. The van der Waals surface area contributed by atoms with Crippen LogP contribution in [0.5, 0.6) is 0 Å². The van der Waals surface area contributed by atoms with Gasteiger partial charge in [0.15, 0.2) is 0 Å². The van der Waals surface area contributed by atoms with Crippen molar-refractivity contribution in [3.8, 4) is 0 Å². The molecule has 0 aliphatic carbocycles. The molecule has 0 heterocycles. The highest BCUT2D eigenvalue weighted by Crippen LogP contribution is 2.30. The molecule has 0 radical (unpaired) electrons. The molecule has 0 saturated carbocycles. The Morgan fingerprint density at radius 2 is 1.72 bits per heavy atom. The van der Waals surface area contributed by atoms with E-state index in [0.29, 0.717) is 5.56 Å².